The Bertz CT molecular complexity index is 430. The van der Waals surface area contributed by atoms with Gasteiger partial charge in [-0.05, 0) is 64.7 Å². The van der Waals surface area contributed by atoms with E-state index in [9.17, 15) is 4.39 Å². The summed E-state index contributed by atoms with van der Waals surface area (Å²) in [6.45, 7) is 4.53. The smallest absolute Gasteiger partial charge is 0.137 e. The van der Waals surface area contributed by atoms with Gasteiger partial charge in [-0.1, -0.05) is 19.9 Å². The molecule has 0 saturated heterocycles. The highest BCUT2D eigenvalue weighted by Gasteiger charge is 2.40. The molecular formula is C14H19BrFN. The lowest BCUT2D eigenvalue weighted by Gasteiger charge is -2.26. The van der Waals surface area contributed by atoms with E-state index in [0.29, 0.717) is 9.89 Å². The van der Waals surface area contributed by atoms with Crippen LogP contribution in [0.1, 0.15) is 38.7 Å². The van der Waals surface area contributed by atoms with E-state index < -0.39 is 0 Å². The number of nitrogens with two attached hydrogens (primary N) is 1. The van der Waals surface area contributed by atoms with E-state index in [-0.39, 0.29) is 11.4 Å². The first kappa shape index (κ1) is 13.0. The fraction of sp³-hybridized carbons (Fsp3) is 0.571. The average Bonchev–Trinajstić information content (AvgIpc) is 2.47. The van der Waals surface area contributed by atoms with Crippen LogP contribution >= 0.6 is 15.9 Å². The molecule has 2 N–H and O–H groups in total. The van der Waals surface area contributed by atoms with Crippen LogP contribution in [-0.2, 0) is 6.42 Å². The summed E-state index contributed by atoms with van der Waals surface area (Å²) < 4.78 is 13.7. The quantitative estimate of drug-likeness (QED) is 0.876. The molecule has 1 fully saturated rings. The summed E-state index contributed by atoms with van der Waals surface area (Å²) in [5.74, 6) is -0.216. The van der Waals surface area contributed by atoms with E-state index in [0.717, 1.165) is 24.8 Å². The highest BCUT2D eigenvalue weighted by atomic mass is 79.9. The van der Waals surface area contributed by atoms with Gasteiger partial charge >= 0.3 is 0 Å². The summed E-state index contributed by atoms with van der Waals surface area (Å²) in [7, 11) is 0. The van der Waals surface area contributed by atoms with Crippen LogP contribution < -0.4 is 5.73 Å². The Morgan fingerprint density at radius 1 is 1.35 bits per heavy atom. The molecule has 0 spiro atoms. The van der Waals surface area contributed by atoms with Crippen molar-refractivity contribution in [1.82, 2.24) is 0 Å². The van der Waals surface area contributed by atoms with E-state index in [1.807, 2.05) is 12.1 Å². The van der Waals surface area contributed by atoms with Crippen molar-refractivity contribution >= 4 is 15.9 Å². The van der Waals surface area contributed by atoms with E-state index in [1.54, 1.807) is 0 Å². The zero-order valence-electron chi connectivity index (χ0n) is 10.4. The van der Waals surface area contributed by atoms with Crippen molar-refractivity contribution in [3.8, 4) is 0 Å². The first-order chi connectivity index (χ1) is 7.80. The minimum atomic E-state index is -0.216. The lowest BCUT2D eigenvalue weighted by Crippen LogP contribution is -2.40. The minimum Gasteiger partial charge on any atom is -0.325 e. The summed E-state index contributed by atoms with van der Waals surface area (Å²) in [6, 6.07) is 5.18. The number of hydrogen-bond donors (Lipinski definition) is 1. The van der Waals surface area contributed by atoms with Crippen molar-refractivity contribution in [3.05, 3.63) is 34.1 Å². The fourth-order valence-corrected chi connectivity index (χ4v) is 3.35. The second-order valence-electron chi connectivity index (χ2n) is 6.13. The first-order valence-electron chi connectivity index (χ1n) is 6.03. The van der Waals surface area contributed by atoms with Gasteiger partial charge in [-0.25, -0.2) is 4.39 Å². The fourth-order valence-electron chi connectivity index (χ4n) is 2.92. The SMILES string of the molecule is CC1(C)CCC(N)(Cc2ccc(F)c(Br)c2)C1. The molecule has 3 heteroatoms. The predicted molar refractivity (Wildman–Crippen MR) is 72.4 cm³/mol. The average molecular weight is 300 g/mol. The van der Waals surface area contributed by atoms with Crippen molar-refractivity contribution in [2.45, 2.75) is 45.1 Å². The standard InChI is InChI=1S/C14H19BrFN/c1-13(2)5-6-14(17,9-13)8-10-3-4-12(16)11(15)7-10/h3-4,7H,5-6,8-9,17H2,1-2H3. The molecule has 1 atom stereocenters. The summed E-state index contributed by atoms with van der Waals surface area (Å²) >= 11 is 3.22. The van der Waals surface area contributed by atoms with Crippen LogP contribution in [0, 0.1) is 11.2 Å². The van der Waals surface area contributed by atoms with Gasteiger partial charge in [-0.2, -0.15) is 0 Å². The molecule has 17 heavy (non-hydrogen) atoms. The molecule has 0 aromatic heterocycles. The zero-order valence-corrected chi connectivity index (χ0v) is 12.0. The molecule has 1 nitrogen and oxygen atoms in total. The van der Waals surface area contributed by atoms with Gasteiger partial charge in [0.15, 0.2) is 0 Å². The molecule has 1 aliphatic rings. The van der Waals surface area contributed by atoms with Crippen LogP contribution in [0.15, 0.2) is 22.7 Å². The lowest BCUT2D eigenvalue weighted by atomic mass is 9.85. The molecule has 94 valence electrons. The maximum absolute atomic E-state index is 13.2. The molecular weight excluding hydrogens is 281 g/mol. The van der Waals surface area contributed by atoms with Crippen LogP contribution in [0.4, 0.5) is 4.39 Å². The first-order valence-corrected chi connectivity index (χ1v) is 6.82. The summed E-state index contributed by atoms with van der Waals surface area (Å²) in [5, 5.41) is 0. The highest BCUT2D eigenvalue weighted by Crippen LogP contribution is 2.43. The molecule has 0 radical (unpaired) electrons. The predicted octanol–water partition coefficient (Wildman–Crippen LogP) is 4.04. The normalized spacial score (nSPS) is 27.4. The molecule has 2 rings (SSSR count). The number of halogens is 2. The largest absolute Gasteiger partial charge is 0.325 e. The molecule has 0 amide bonds. The molecule has 1 aliphatic carbocycles. The van der Waals surface area contributed by atoms with Crippen molar-refractivity contribution in [1.29, 1.82) is 0 Å². The van der Waals surface area contributed by atoms with Crippen LogP contribution in [0.5, 0.6) is 0 Å². The van der Waals surface area contributed by atoms with Gasteiger partial charge in [0.1, 0.15) is 5.82 Å². The Morgan fingerprint density at radius 3 is 2.59 bits per heavy atom. The van der Waals surface area contributed by atoms with Crippen molar-refractivity contribution in [2.75, 3.05) is 0 Å². The van der Waals surface area contributed by atoms with Crippen molar-refractivity contribution < 1.29 is 4.39 Å². The van der Waals surface area contributed by atoms with E-state index >= 15 is 0 Å². The van der Waals surface area contributed by atoms with E-state index in [1.165, 1.54) is 12.5 Å². The Labute approximate surface area is 111 Å². The Morgan fingerprint density at radius 2 is 2.06 bits per heavy atom. The second kappa shape index (κ2) is 4.36. The summed E-state index contributed by atoms with van der Waals surface area (Å²) in [5.41, 5.74) is 7.77. The zero-order chi connectivity index (χ0) is 12.7. The molecule has 0 bridgehead atoms. The second-order valence-corrected chi connectivity index (χ2v) is 6.98. The van der Waals surface area contributed by atoms with Crippen molar-refractivity contribution in [2.24, 2.45) is 11.1 Å². The monoisotopic (exact) mass is 299 g/mol. The van der Waals surface area contributed by atoms with Gasteiger partial charge in [0.25, 0.3) is 0 Å². The Kier molecular flexibility index (Phi) is 3.34. The summed E-state index contributed by atoms with van der Waals surface area (Å²) in [4.78, 5) is 0. The van der Waals surface area contributed by atoms with Crippen LogP contribution in [0.3, 0.4) is 0 Å². The Balaban J connectivity index is 2.13. The molecule has 1 unspecified atom stereocenters. The third-order valence-corrected chi connectivity index (χ3v) is 4.28. The number of rotatable bonds is 2. The van der Waals surface area contributed by atoms with Gasteiger partial charge in [-0.3, -0.25) is 0 Å². The number of hydrogen-bond acceptors (Lipinski definition) is 1. The van der Waals surface area contributed by atoms with Crippen LogP contribution in [0.2, 0.25) is 0 Å². The molecule has 1 aromatic carbocycles. The van der Waals surface area contributed by atoms with E-state index in [2.05, 4.69) is 29.8 Å². The van der Waals surface area contributed by atoms with Gasteiger partial charge in [0.2, 0.25) is 0 Å². The van der Waals surface area contributed by atoms with E-state index in [4.69, 9.17) is 5.73 Å². The van der Waals surface area contributed by atoms with Crippen LogP contribution in [0.25, 0.3) is 0 Å². The molecule has 0 heterocycles. The minimum absolute atomic E-state index is 0.124. The maximum atomic E-state index is 13.2. The van der Waals surface area contributed by atoms with Gasteiger partial charge in [0, 0.05) is 5.54 Å². The lowest BCUT2D eigenvalue weighted by molar-refractivity contribution is 0.334. The third kappa shape index (κ3) is 3.08. The Hall–Kier alpha value is -0.410. The molecule has 1 aromatic rings. The molecule has 0 aliphatic heterocycles. The maximum Gasteiger partial charge on any atom is 0.137 e. The third-order valence-electron chi connectivity index (χ3n) is 3.67. The van der Waals surface area contributed by atoms with Gasteiger partial charge in [0.05, 0.1) is 4.47 Å². The topological polar surface area (TPSA) is 26.0 Å². The van der Waals surface area contributed by atoms with Crippen LogP contribution in [-0.4, -0.2) is 5.54 Å². The van der Waals surface area contributed by atoms with Crippen molar-refractivity contribution in [3.63, 3.8) is 0 Å². The molecule has 1 saturated carbocycles. The summed E-state index contributed by atoms with van der Waals surface area (Å²) in [6.07, 6.45) is 4.09. The van der Waals surface area contributed by atoms with Gasteiger partial charge in [-0.15, -0.1) is 0 Å². The number of benzene rings is 1. The highest BCUT2D eigenvalue weighted by molar-refractivity contribution is 9.10. The van der Waals surface area contributed by atoms with Gasteiger partial charge < -0.3 is 5.73 Å².